The lowest BCUT2D eigenvalue weighted by Crippen LogP contribution is -2.42. The van der Waals surface area contributed by atoms with Gasteiger partial charge in [-0.3, -0.25) is 4.79 Å². The van der Waals surface area contributed by atoms with Gasteiger partial charge in [0.15, 0.2) is 5.96 Å². The van der Waals surface area contributed by atoms with Crippen LogP contribution in [-0.2, 0) is 17.9 Å². The van der Waals surface area contributed by atoms with Crippen LogP contribution in [-0.4, -0.2) is 42.5 Å². The molecule has 2 aromatic rings. The number of ether oxygens (including phenoxy) is 1. The minimum Gasteiger partial charge on any atom is -0.489 e. The Labute approximate surface area is 189 Å². The van der Waals surface area contributed by atoms with Gasteiger partial charge in [-0.1, -0.05) is 37.3 Å². The summed E-state index contributed by atoms with van der Waals surface area (Å²) in [5, 5.41) is 6.60. The van der Waals surface area contributed by atoms with Gasteiger partial charge < -0.3 is 20.3 Å². The average molecular weight is 441 g/mol. The second-order valence-electron chi connectivity index (χ2n) is 7.87. The summed E-state index contributed by atoms with van der Waals surface area (Å²) in [6.45, 7) is 7.30. The monoisotopic (exact) mass is 440 g/mol. The normalized spacial score (nSPS) is 15.0. The SMILES string of the molecule is CCNC(=NCc1ccccc1CN1CCCC1=O)NCC(CC)Oc1cccc(F)c1. The molecule has 7 heteroatoms. The zero-order chi connectivity index (χ0) is 22.8. The molecule has 1 aliphatic heterocycles. The number of amides is 1. The van der Waals surface area contributed by atoms with Gasteiger partial charge >= 0.3 is 0 Å². The summed E-state index contributed by atoms with van der Waals surface area (Å²) in [5.41, 5.74) is 2.23. The molecule has 6 nitrogen and oxygen atoms in total. The minimum atomic E-state index is -0.311. The van der Waals surface area contributed by atoms with Crippen LogP contribution in [0.25, 0.3) is 0 Å². The third kappa shape index (κ3) is 6.97. The summed E-state index contributed by atoms with van der Waals surface area (Å²) in [4.78, 5) is 18.7. The third-order valence-electron chi connectivity index (χ3n) is 5.45. The van der Waals surface area contributed by atoms with Gasteiger partial charge in [0.2, 0.25) is 5.91 Å². The number of rotatable bonds is 10. The van der Waals surface area contributed by atoms with Crippen LogP contribution in [0.2, 0.25) is 0 Å². The smallest absolute Gasteiger partial charge is 0.222 e. The first-order valence-electron chi connectivity index (χ1n) is 11.4. The van der Waals surface area contributed by atoms with Gasteiger partial charge in [-0.05, 0) is 43.0 Å². The molecule has 1 fully saturated rings. The number of guanidine groups is 1. The minimum absolute atomic E-state index is 0.117. The van der Waals surface area contributed by atoms with Crippen molar-refractivity contribution in [2.45, 2.75) is 52.3 Å². The Bertz CT molecular complexity index is 918. The fourth-order valence-electron chi connectivity index (χ4n) is 3.66. The Balaban J connectivity index is 1.61. The highest BCUT2D eigenvalue weighted by molar-refractivity contribution is 5.80. The molecule has 0 saturated carbocycles. The maximum Gasteiger partial charge on any atom is 0.222 e. The molecule has 3 rings (SSSR count). The Morgan fingerprint density at radius 3 is 2.66 bits per heavy atom. The first-order valence-corrected chi connectivity index (χ1v) is 11.4. The van der Waals surface area contributed by atoms with Crippen molar-refractivity contribution in [2.75, 3.05) is 19.6 Å². The number of hydrogen-bond donors (Lipinski definition) is 2. The fraction of sp³-hybridized carbons (Fsp3) is 0.440. The summed E-state index contributed by atoms with van der Waals surface area (Å²) in [7, 11) is 0. The number of nitrogens with one attached hydrogen (secondary N) is 2. The maximum absolute atomic E-state index is 13.4. The summed E-state index contributed by atoms with van der Waals surface area (Å²) < 4.78 is 19.3. The average Bonchev–Trinajstić information content (AvgIpc) is 3.20. The standard InChI is InChI=1S/C25H33FN4O2/c1-3-22(32-23-12-7-11-21(26)15-23)17-29-25(27-4-2)28-16-19-9-5-6-10-20(19)18-30-14-8-13-24(30)31/h5-7,9-12,15,22H,3-4,8,13-14,16-18H2,1-2H3,(H2,27,28,29). The molecule has 0 radical (unpaired) electrons. The van der Waals surface area contributed by atoms with E-state index in [4.69, 9.17) is 9.73 Å². The zero-order valence-corrected chi connectivity index (χ0v) is 18.9. The highest BCUT2D eigenvalue weighted by atomic mass is 19.1. The van der Waals surface area contributed by atoms with E-state index in [2.05, 4.69) is 22.8 Å². The summed E-state index contributed by atoms with van der Waals surface area (Å²) >= 11 is 0. The maximum atomic E-state index is 13.4. The van der Waals surface area contributed by atoms with Crippen LogP contribution in [0.3, 0.4) is 0 Å². The second kappa shape index (κ2) is 12.1. The molecule has 0 aliphatic carbocycles. The van der Waals surface area contributed by atoms with Crippen LogP contribution in [0, 0.1) is 5.82 Å². The van der Waals surface area contributed by atoms with E-state index in [1.54, 1.807) is 12.1 Å². The van der Waals surface area contributed by atoms with Crippen molar-refractivity contribution in [3.63, 3.8) is 0 Å². The molecule has 0 bridgehead atoms. The van der Waals surface area contributed by atoms with Crippen LogP contribution in [0.1, 0.15) is 44.2 Å². The quantitative estimate of drug-likeness (QED) is 0.435. The molecule has 1 amide bonds. The highest BCUT2D eigenvalue weighted by Crippen LogP contribution is 2.18. The zero-order valence-electron chi connectivity index (χ0n) is 18.9. The van der Waals surface area contributed by atoms with Crippen LogP contribution in [0.15, 0.2) is 53.5 Å². The largest absolute Gasteiger partial charge is 0.489 e. The lowest BCUT2D eigenvalue weighted by molar-refractivity contribution is -0.128. The van der Waals surface area contributed by atoms with E-state index in [1.165, 1.54) is 12.1 Å². The van der Waals surface area contributed by atoms with E-state index >= 15 is 0 Å². The highest BCUT2D eigenvalue weighted by Gasteiger charge is 2.20. The molecule has 1 heterocycles. The molecular weight excluding hydrogens is 407 g/mol. The van der Waals surface area contributed by atoms with Crippen molar-refractivity contribution in [2.24, 2.45) is 4.99 Å². The van der Waals surface area contributed by atoms with Gasteiger partial charge in [0.1, 0.15) is 17.7 Å². The lowest BCUT2D eigenvalue weighted by atomic mass is 10.1. The number of hydrogen-bond acceptors (Lipinski definition) is 3. The first-order chi connectivity index (χ1) is 15.6. The van der Waals surface area contributed by atoms with Crippen molar-refractivity contribution in [3.8, 4) is 5.75 Å². The Kier molecular flexibility index (Phi) is 8.90. The lowest BCUT2D eigenvalue weighted by Gasteiger charge is -2.20. The van der Waals surface area contributed by atoms with Crippen molar-refractivity contribution in [3.05, 3.63) is 65.5 Å². The fourth-order valence-corrected chi connectivity index (χ4v) is 3.66. The van der Waals surface area contributed by atoms with Crippen LogP contribution < -0.4 is 15.4 Å². The molecule has 1 atom stereocenters. The predicted molar refractivity (Wildman–Crippen MR) is 125 cm³/mol. The molecular formula is C25H33FN4O2. The Hall–Kier alpha value is -3.09. The van der Waals surface area contributed by atoms with Gasteiger partial charge in [0, 0.05) is 32.1 Å². The molecule has 32 heavy (non-hydrogen) atoms. The summed E-state index contributed by atoms with van der Waals surface area (Å²) in [6.07, 6.45) is 2.24. The van der Waals surface area contributed by atoms with Crippen molar-refractivity contribution in [1.29, 1.82) is 0 Å². The van der Waals surface area contributed by atoms with Gasteiger partial charge in [-0.2, -0.15) is 0 Å². The van der Waals surface area contributed by atoms with E-state index in [0.717, 1.165) is 37.1 Å². The summed E-state index contributed by atoms with van der Waals surface area (Å²) in [5.74, 6) is 1.13. The van der Waals surface area contributed by atoms with E-state index in [0.29, 0.717) is 37.8 Å². The summed E-state index contributed by atoms with van der Waals surface area (Å²) in [6, 6.07) is 14.3. The van der Waals surface area contributed by atoms with Gasteiger partial charge in [0.05, 0.1) is 13.1 Å². The predicted octanol–water partition coefficient (Wildman–Crippen LogP) is 3.86. The van der Waals surface area contributed by atoms with Crippen LogP contribution in [0.4, 0.5) is 4.39 Å². The van der Waals surface area contributed by atoms with Crippen molar-refractivity contribution >= 4 is 11.9 Å². The van der Waals surface area contributed by atoms with Gasteiger partial charge in [0.25, 0.3) is 0 Å². The van der Waals surface area contributed by atoms with Crippen molar-refractivity contribution in [1.82, 2.24) is 15.5 Å². The van der Waals surface area contributed by atoms with E-state index in [-0.39, 0.29) is 17.8 Å². The number of carbonyl (C=O) groups excluding carboxylic acids is 1. The number of nitrogens with zero attached hydrogens (tertiary/aromatic N) is 2. The van der Waals surface area contributed by atoms with Gasteiger partial charge in [-0.25, -0.2) is 9.38 Å². The third-order valence-corrected chi connectivity index (χ3v) is 5.45. The molecule has 172 valence electrons. The topological polar surface area (TPSA) is 66.0 Å². The van der Waals surface area contributed by atoms with Crippen LogP contribution >= 0.6 is 0 Å². The molecule has 2 N–H and O–H groups in total. The van der Waals surface area contributed by atoms with Gasteiger partial charge in [-0.15, -0.1) is 0 Å². The van der Waals surface area contributed by atoms with Crippen molar-refractivity contribution < 1.29 is 13.9 Å². The molecule has 2 aromatic carbocycles. The number of aliphatic imine (C=N–C) groups is 1. The molecule has 1 saturated heterocycles. The number of likely N-dealkylation sites (tertiary alicyclic amines) is 1. The molecule has 1 unspecified atom stereocenters. The Morgan fingerprint density at radius 1 is 1.16 bits per heavy atom. The molecule has 0 spiro atoms. The van der Waals surface area contributed by atoms with E-state index in [1.807, 2.05) is 30.9 Å². The van der Waals surface area contributed by atoms with Crippen LogP contribution in [0.5, 0.6) is 5.75 Å². The van der Waals surface area contributed by atoms with E-state index < -0.39 is 0 Å². The number of halogens is 1. The Morgan fingerprint density at radius 2 is 1.97 bits per heavy atom. The molecule has 1 aliphatic rings. The number of carbonyl (C=O) groups is 1. The first kappa shape index (κ1) is 23.6. The van der Waals surface area contributed by atoms with E-state index in [9.17, 15) is 9.18 Å². The second-order valence-corrected chi connectivity index (χ2v) is 7.87. The molecule has 0 aromatic heterocycles. The number of benzene rings is 2.